The third-order valence-corrected chi connectivity index (χ3v) is 2.91. The van der Waals surface area contributed by atoms with E-state index in [0.29, 0.717) is 19.3 Å². The molecule has 1 rings (SSSR count). The molecule has 1 atom stereocenters. The molecule has 0 radical (unpaired) electrons. The zero-order valence-corrected chi connectivity index (χ0v) is 10.3. The molecule has 17 heavy (non-hydrogen) atoms. The highest BCUT2D eigenvalue weighted by Crippen LogP contribution is 2.30. The van der Waals surface area contributed by atoms with E-state index < -0.39 is 5.54 Å². The van der Waals surface area contributed by atoms with Crippen LogP contribution in [0.15, 0.2) is 35.4 Å². The van der Waals surface area contributed by atoms with Gasteiger partial charge in [0, 0.05) is 6.42 Å². The standard InChI is InChI=1S/C13H18N2O2/c1-13(15-14,10-6-9-12(16)17-2)11-7-4-3-5-8-11/h3-5,7-8,14H,6,9-10H2,1-2H3. The summed E-state index contributed by atoms with van der Waals surface area (Å²) in [6.45, 7) is 1.91. The number of hydrogen-bond acceptors (Lipinski definition) is 4. The van der Waals surface area contributed by atoms with Crippen molar-refractivity contribution in [3.63, 3.8) is 0 Å². The van der Waals surface area contributed by atoms with E-state index in [4.69, 9.17) is 5.53 Å². The second-order valence-corrected chi connectivity index (χ2v) is 4.18. The Kier molecular flexibility index (Phi) is 4.82. The number of ether oxygens (including phenoxy) is 1. The lowest BCUT2D eigenvalue weighted by molar-refractivity contribution is -0.140. The van der Waals surface area contributed by atoms with Crippen LogP contribution in [0, 0.1) is 5.53 Å². The molecular weight excluding hydrogens is 216 g/mol. The van der Waals surface area contributed by atoms with Gasteiger partial charge < -0.3 is 4.74 Å². The summed E-state index contributed by atoms with van der Waals surface area (Å²) >= 11 is 0. The summed E-state index contributed by atoms with van der Waals surface area (Å²) in [4.78, 5) is 11.0. The van der Waals surface area contributed by atoms with Crippen LogP contribution in [-0.4, -0.2) is 13.1 Å². The van der Waals surface area contributed by atoms with Crippen molar-refractivity contribution < 1.29 is 9.53 Å². The molecule has 0 aliphatic rings. The van der Waals surface area contributed by atoms with Gasteiger partial charge in [0.15, 0.2) is 0 Å². The van der Waals surface area contributed by atoms with Gasteiger partial charge in [-0.05, 0) is 25.3 Å². The quantitative estimate of drug-likeness (QED) is 0.606. The van der Waals surface area contributed by atoms with E-state index in [2.05, 4.69) is 9.85 Å². The number of methoxy groups -OCH3 is 1. The van der Waals surface area contributed by atoms with Gasteiger partial charge in [0.05, 0.1) is 7.11 Å². The maximum atomic E-state index is 11.0. The fourth-order valence-corrected chi connectivity index (χ4v) is 1.74. The van der Waals surface area contributed by atoms with Gasteiger partial charge >= 0.3 is 5.97 Å². The van der Waals surface area contributed by atoms with E-state index in [1.165, 1.54) is 7.11 Å². The average Bonchev–Trinajstić information content (AvgIpc) is 2.39. The Morgan fingerprint density at radius 2 is 2.06 bits per heavy atom. The van der Waals surface area contributed by atoms with Crippen molar-refractivity contribution in [3.05, 3.63) is 35.9 Å². The predicted molar refractivity (Wildman–Crippen MR) is 64.8 cm³/mol. The molecule has 0 saturated heterocycles. The third-order valence-electron chi connectivity index (χ3n) is 2.91. The van der Waals surface area contributed by atoms with Gasteiger partial charge in [0.1, 0.15) is 5.54 Å². The first-order chi connectivity index (χ1) is 8.12. The van der Waals surface area contributed by atoms with Gasteiger partial charge in [-0.1, -0.05) is 30.3 Å². The number of nitrogens with zero attached hydrogens (tertiary/aromatic N) is 1. The van der Waals surface area contributed by atoms with Crippen molar-refractivity contribution in [2.45, 2.75) is 31.7 Å². The second kappa shape index (κ2) is 6.13. The Morgan fingerprint density at radius 1 is 1.41 bits per heavy atom. The topological polar surface area (TPSA) is 62.5 Å². The second-order valence-electron chi connectivity index (χ2n) is 4.18. The summed E-state index contributed by atoms with van der Waals surface area (Å²) in [5.41, 5.74) is 7.79. The number of nitrogens with one attached hydrogen (secondary N) is 1. The number of carbonyl (C=O) groups excluding carboxylic acids is 1. The lowest BCUT2D eigenvalue weighted by Crippen LogP contribution is -2.18. The number of hydrogen-bond donors (Lipinski definition) is 1. The minimum atomic E-state index is -0.546. The van der Waals surface area contributed by atoms with Crippen LogP contribution in [0.1, 0.15) is 31.7 Å². The minimum absolute atomic E-state index is 0.217. The minimum Gasteiger partial charge on any atom is -0.469 e. The van der Waals surface area contributed by atoms with Crippen molar-refractivity contribution in [1.82, 2.24) is 0 Å². The molecule has 0 fully saturated rings. The van der Waals surface area contributed by atoms with E-state index in [0.717, 1.165) is 5.56 Å². The van der Waals surface area contributed by atoms with Gasteiger partial charge in [-0.25, -0.2) is 5.53 Å². The number of esters is 1. The number of rotatable bonds is 6. The molecule has 1 aromatic rings. The van der Waals surface area contributed by atoms with E-state index in [1.54, 1.807) is 0 Å². The summed E-state index contributed by atoms with van der Waals surface area (Å²) in [6.07, 6.45) is 1.70. The Morgan fingerprint density at radius 3 is 2.59 bits per heavy atom. The Balaban J connectivity index is 2.64. The Labute approximate surface area is 101 Å². The fourth-order valence-electron chi connectivity index (χ4n) is 1.74. The zero-order valence-electron chi connectivity index (χ0n) is 10.3. The lowest BCUT2D eigenvalue weighted by Gasteiger charge is -2.23. The third kappa shape index (κ3) is 3.66. The van der Waals surface area contributed by atoms with Crippen molar-refractivity contribution in [2.75, 3.05) is 7.11 Å². The van der Waals surface area contributed by atoms with E-state index in [1.807, 2.05) is 37.3 Å². The highest BCUT2D eigenvalue weighted by atomic mass is 16.5. The van der Waals surface area contributed by atoms with E-state index in [-0.39, 0.29) is 5.97 Å². The summed E-state index contributed by atoms with van der Waals surface area (Å²) in [5, 5.41) is 3.71. The van der Waals surface area contributed by atoms with Crippen molar-refractivity contribution in [3.8, 4) is 0 Å². The van der Waals surface area contributed by atoms with E-state index >= 15 is 0 Å². The van der Waals surface area contributed by atoms with Crippen molar-refractivity contribution >= 4 is 5.97 Å². The SMILES string of the molecule is COC(=O)CCCC(C)(N=N)c1ccccc1. The van der Waals surface area contributed by atoms with Crippen LogP contribution < -0.4 is 0 Å². The molecule has 0 saturated carbocycles. The molecule has 1 N–H and O–H groups in total. The van der Waals surface area contributed by atoms with Gasteiger partial charge in [-0.2, -0.15) is 5.11 Å². The summed E-state index contributed by atoms with van der Waals surface area (Å²) in [7, 11) is 1.38. The predicted octanol–water partition coefficient (Wildman–Crippen LogP) is 3.28. The molecule has 0 spiro atoms. The van der Waals surface area contributed by atoms with Crippen LogP contribution >= 0.6 is 0 Å². The number of carbonyl (C=O) groups is 1. The molecule has 0 bridgehead atoms. The van der Waals surface area contributed by atoms with Crippen LogP contribution in [0.2, 0.25) is 0 Å². The molecule has 0 aliphatic carbocycles. The number of benzene rings is 1. The summed E-state index contributed by atoms with van der Waals surface area (Å²) < 4.78 is 4.59. The average molecular weight is 234 g/mol. The molecule has 4 heteroatoms. The van der Waals surface area contributed by atoms with Gasteiger partial charge in [0.2, 0.25) is 0 Å². The molecular formula is C13H18N2O2. The van der Waals surface area contributed by atoms with E-state index in [9.17, 15) is 4.79 Å². The Hall–Kier alpha value is -1.71. The van der Waals surface area contributed by atoms with Gasteiger partial charge in [-0.3, -0.25) is 4.79 Å². The maximum absolute atomic E-state index is 11.0. The monoisotopic (exact) mass is 234 g/mol. The first-order valence-corrected chi connectivity index (χ1v) is 5.63. The smallest absolute Gasteiger partial charge is 0.305 e. The maximum Gasteiger partial charge on any atom is 0.305 e. The molecule has 4 nitrogen and oxygen atoms in total. The van der Waals surface area contributed by atoms with Crippen LogP contribution in [0.3, 0.4) is 0 Å². The van der Waals surface area contributed by atoms with Crippen LogP contribution in [0.4, 0.5) is 0 Å². The normalized spacial score (nSPS) is 13.8. The van der Waals surface area contributed by atoms with Crippen LogP contribution in [-0.2, 0) is 15.1 Å². The summed E-state index contributed by atoms with van der Waals surface area (Å²) in [6, 6.07) is 9.70. The van der Waals surface area contributed by atoms with Crippen LogP contribution in [0.25, 0.3) is 0 Å². The first-order valence-electron chi connectivity index (χ1n) is 5.63. The Bertz CT molecular complexity index is 378. The molecule has 92 valence electrons. The van der Waals surface area contributed by atoms with Crippen molar-refractivity contribution in [2.24, 2.45) is 5.11 Å². The zero-order chi connectivity index (χ0) is 12.7. The molecule has 0 aliphatic heterocycles. The summed E-state index contributed by atoms with van der Waals surface area (Å²) in [5.74, 6) is -0.217. The molecule has 1 unspecified atom stereocenters. The van der Waals surface area contributed by atoms with Gasteiger partial charge in [0.25, 0.3) is 0 Å². The molecule has 0 aromatic heterocycles. The van der Waals surface area contributed by atoms with Gasteiger partial charge in [-0.15, -0.1) is 0 Å². The highest BCUT2D eigenvalue weighted by molar-refractivity contribution is 5.69. The molecule has 0 amide bonds. The molecule has 0 heterocycles. The van der Waals surface area contributed by atoms with Crippen LogP contribution in [0.5, 0.6) is 0 Å². The van der Waals surface area contributed by atoms with Crippen molar-refractivity contribution in [1.29, 1.82) is 5.53 Å². The largest absolute Gasteiger partial charge is 0.469 e. The highest BCUT2D eigenvalue weighted by Gasteiger charge is 2.25. The first kappa shape index (κ1) is 13.4. The lowest BCUT2D eigenvalue weighted by atomic mass is 9.88. The fraction of sp³-hybridized carbons (Fsp3) is 0.462. The molecule has 1 aromatic carbocycles.